The highest BCUT2D eigenvalue weighted by molar-refractivity contribution is 7.80. The lowest BCUT2D eigenvalue weighted by Gasteiger charge is -2.28. The first-order valence-electron chi connectivity index (χ1n) is 11.4. The number of benzene rings is 2. The van der Waals surface area contributed by atoms with Crippen LogP contribution in [0.25, 0.3) is 5.69 Å². The molecule has 0 amide bonds. The number of ether oxygens (including phenoxy) is 1. The van der Waals surface area contributed by atoms with Crippen LogP contribution in [0.5, 0.6) is 5.75 Å². The Kier molecular flexibility index (Phi) is 6.07. The number of thiocarbonyl (C=S) groups is 1. The van der Waals surface area contributed by atoms with Gasteiger partial charge in [0.25, 0.3) is 0 Å². The zero-order chi connectivity index (χ0) is 23.7. The smallest absolute Gasteiger partial charge is 0.170 e. The predicted molar refractivity (Wildman–Crippen MR) is 139 cm³/mol. The highest BCUT2D eigenvalue weighted by Crippen LogP contribution is 2.42. The summed E-state index contributed by atoms with van der Waals surface area (Å²) in [6.07, 6.45) is 1.84. The van der Waals surface area contributed by atoms with Crippen molar-refractivity contribution in [1.29, 1.82) is 0 Å². The van der Waals surface area contributed by atoms with Gasteiger partial charge in [0.05, 0.1) is 24.9 Å². The molecule has 34 heavy (non-hydrogen) atoms. The molecule has 0 unspecified atom stereocenters. The van der Waals surface area contributed by atoms with E-state index >= 15 is 0 Å². The third kappa shape index (κ3) is 4.05. The summed E-state index contributed by atoms with van der Waals surface area (Å²) in [6, 6.07) is 26.9. The zero-order valence-electron chi connectivity index (χ0n) is 19.6. The second kappa shape index (κ2) is 9.31. The number of aromatic nitrogens is 2. The van der Waals surface area contributed by atoms with Gasteiger partial charge in [-0.25, -0.2) is 0 Å². The Labute approximate surface area is 206 Å². The molecule has 2 aromatic carbocycles. The van der Waals surface area contributed by atoms with Crippen molar-refractivity contribution in [2.24, 2.45) is 0 Å². The lowest BCUT2D eigenvalue weighted by molar-refractivity contribution is 0.310. The summed E-state index contributed by atoms with van der Waals surface area (Å²) in [7, 11) is 1.70. The van der Waals surface area contributed by atoms with E-state index in [1.807, 2.05) is 36.5 Å². The van der Waals surface area contributed by atoms with Crippen LogP contribution >= 0.6 is 12.2 Å². The van der Waals surface area contributed by atoms with Crippen LogP contribution in [0, 0.1) is 13.8 Å². The molecule has 4 aromatic rings. The predicted octanol–water partition coefficient (Wildman–Crippen LogP) is 5.67. The molecular weight excluding hydrogens is 440 g/mol. The van der Waals surface area contributed by atoms with Crippen molar-refractivity contribution in [2.45, 2.75) is 32.5 Å². The maximum absolute atomic E-state index is 5.87. The van der Waals surface area contributed by atoms with Crippen LogP contribution in [0.3, 0.4) is 0 Å². The van der Waals surface area contributed by atoms with Crippen LogP contribution in [0.2, 0.25) is 0 Å². The first-order chi connectivity index (χ1) is 16.6. The van der Waals surface area contributed by atoms with Gasteiger partial charge in [-0.2, -0.15) is 0 Å². The quantitative estimate of drug-likeness (QED) is 0.369. The zero-order valence-corrected chi connectivity index (χ0v) is 20.4. The number of aryl methyl sites for hydroxylation is 1. The minimum Gasteiger partial charge on any atom is -0.497 e. The maximum Gasteiger partial charge on any atom is 0.170 e. The van der Waals surface area contributed by atoms with E-state index in [1.54, 1.807) is 7.11 Å². The van der Waals surface area contributed by atoms with Crippen molar-refractivity contribution in [1.82, 2.24) is 19.8 Å². The minimum atomic E-state index is -0.0447. The Hall–Kier alpha value is -3.64. The molecule has 2 aromatic heterocycles. The third-order valence-electron chi connectivity index (χ3n) is 6.49. The third-order valence-corrected chi connectivity index (χ3v) is 6.85. The summed E-state index contributed by atoms with van der Waals surface area (Å²) in [4.78, 5) is 6.97. The average molecular weight is 469 g/mol. The van der Waals surface area contributed by atoms with E-state index in [-0.39, 0.29) is 12.1 Å². The van der Waals surface area contributed by atoms with Gasteiger partial charge in [0, 0.05) is 35.9 Å². The lowest BCUT2D eigenvalue weighted by Crippen LogP contribution is -2.29. The molecule has 0 bridgehead atoms. The average Bonchev–Trinajstić information content (AvgIpc) is 3.35. The van der Waals surface area contributed by atoms with Gasteiger partial charge in [0.1, 0.15) is 5.75 Å². The Morgan fingerprint density at radius 1 is 0.971 bits per heavy atom. The molecule has 1 saturated heterocycles. The van der Waals surface area contributed by atoms with Gasteiger partial charge < -0.3 is 19.5 Å². The number of nitrogens with zero attached hydrogens (tertiary/aromatic N) is 3. The van der Waals surface area contributed by atoms with Crippen molar-refractivity contribution < 1.29 is 4.74 Å². The monoisotopic (exact) mass is 468 g/mol. The number of hydrogen-bond acceptors (Lipinski definition) is 3. The van der Waals surface area contributed by atoms with E-state index in [0.717, 1.165) is 34.5 Å². The molecule has 0 saturated carbocycles. The molecular formula is C28H28N4OS. The van der Waals surface area contributed by atoms with E-state index < -0.39 is 0 Å². The standard InChI is InChI=1S/C28H28N4OS/c1-19-16-24(20(2)32(19)22-12-9-13-23(17-22)33-3)27-26(25-14-7-8-15-29-25)30-28(34)31(27)18-21-10-5-4-6-11-21/h4-17,26-27H,18H2,1-3H3,(H,30,34)/t26-,27-/m0/s1. The van der Waals surface area contributed by atoms with Crippen LogP contribution in [-0.2, 0) is 6.54 Å². The second-order valence-corrected chi connectivity index (χ2v) is 8.99. The second-order valence-electron chi connectivity index (χ2n) is 8.60. The van der Waals surface area contributed by atoms with E-state index in [9.17, 15) is 0 Å². The summed E-state index contributed by atoms with van der Waals surface area (Å²) < 4.78 is 7.77. The summed E-state index contributed by atoms with van der Waals surface area (Å²) in [6.45, 7) is 5.05. The largest absolute Gasteiger partial charge is 0.497 e. The fourth-order valence-corrected chi connectivity index (χ4v) is 5.23. The molecule has 1 aliphatic rings. The van der Waals surface area contributed by atoms with E-state index in [2.05, 4.69) is 82.1 Å². The molecule has 172 valence electrons. The van der Waals surface area contributed by atoms with Crippen LogP contribution in [0.4, 0.5) is 0 Å². The molecule has 6 heteroatoms. The molecule has 1 fully saturated rings. The van der Waals surface area contributed by atoms with Gasteiger partial charge in [0.2, 0.25) is 0 Å². The maximum atomic E-state index is 5.87. The van der Waals surface area contributed by atoms with E-state index in [0.29, 0.717) is 0 Å². The fraction of sp³-hybridized carbons (Fsp3) is 0.214. The Bertz CT molecular complexity index is 1300. The van der Waals surface area contributed by atoms with Crippen molar-refractivity contribution >= 4 is 17.3 Å². The van der Waals surface area contributed by atoms with Gasteiger partial charge in [0.15, 0.2) is 5.11 Å². The van der Waals surface area contributed by atoms with Crippen LogP contribution in [-0.4, -0.2) is 26.7 Å². The Morgan fingerprint density at radius 3 is 2.50 bits per heavy atom. The molecule has 5 nitrogen and oxygen atoms in total. The van der Waals surface area contributed by atoms with Gasteiger partial charge in [-0.1, -0.05) is 42.5 Å². The molecule has 1 aliphatic heterocycles. The molecule has 2 atom stereocenters. The van der Waals surface area contributed by atoms with Gasteiger partial charge in [-0.05, 0) is 67.5 Å². The molecule has 1 N–H and O–H groups in total. The van der Waals surface area contributed by atoms with E-state index in [4.69, 9.17) is 17.0 Å². The van der Waals surface area contributed by atoms with Gasteiger partial charge in [-0.15, -0.1) is 0 Å². The summed E-state index contributed by atoms with van der Waals surface area (Å²) in [5, 5.41) is 4.31. The van der Waals surface area contributed by atoms with Gasteiger partial charge in [-0.3, -0.25) is 4.98 Å². The topological polar surface area (TPSA) is 42.3 Å². The molecule has 0 aliphatic carbocycles. The SMILES string of the molecule is COc1cccc(-n2c(C)cc([C@H]3[C@H](c4ccccn4)NC(=S)N3Cc3ccccc3)c2C)c1. The highest BCUT2D eigenvalue weighted by atomic mass is 32.1. The summed E-state index contributed by atoms with van der Waals surface area (Å²) in [5.41, 5.74) is 6.87. The minimum absolute atomic E-state index is 0.00756. The van der Waals surface area contributed by atoms with E-state index in [1.165, 1.54) is 16.8 Å². The van der Waals surface area contributed by atoms with Crippen LogP contribution in [0.15, 0.2) is 85.1 Å². The summed E-state index contributed by atoms with van der Waals surface area (Å²) in [5.74, 6) is 0.840. The van der Waals surface area contributed by atoms with Crippen molar-refractivity contribution in [3.05, 3.63) is 113 Å². The highest BCUT2D eigenvalue weighted by Gasteiger charge is 2.41. The van der Waals surface area contributed by atoms with Gasteiger partial charge >= 0.3 is 0 Å². The number of rotatable bonds is 6. The molecule has 0 radical (unpaired) electrons. The number of pyridine rings is 1. The summed E-state index contributed by atoms with van der Waals surface area (Å²) >= 11 is 5.87. The first-order valence-corrected chi connectivity index (χ1v) is 11.8. The first kappa shape index (κ1) is 22.2. The number of nitrogens with one attached hydrogen (secondary N) is 1. The van der Waals surface area contributed by atoms with Crippen molar-refractivity contribution in [3.63, 3.8) is 0 Å². The van der Waals surface area contributed by atoms with Crippen molar-refractivity contribution in [2.75, 3.05) is 7.11 Å². The Balaban J connectivity index is 1.62. The molecule has 3 heterocycles. The fourth-order valence-electron chi connectivity index (χ4n) is 4.93. The van der Waals surface area contributed by atoms with Crippen LogP contribution in [0.1, 0.15) is 40.3 Å². The lowest BCUT2D eigenvalue weighted by atomic mass is 9.96. The number of methoxy groups -OCH3 is 1. The normalized spacial score (nSPS) is 17.6. The molecule has 0 spiro atoms. The van der Waals surface area contributed by atoms with Crippen LogP contribution < -0.4 is 10.1 Å². The Morgan fingerprint density at radius 2 is 1.76 bits per heavy atom. The number of hydrogen-bond donors (Lipinski definition) is 1. The van der Waals surface area contributed by atoms with Crippen molar-refractivity contribution in [3.8, 4) is 11.4 Å². The molecule has 5 rings (SSSR count).